The fourth-order valence-corrected chi connectivity index (χ4v) is 1.73. The van der Waals surface area contributed by atoms with Gasteiger partial charge in [-0.3, -0.25) is 0 Å². The molecule has 18 heavy (non-hydrogen) atoms. The Morgan fingerprint density at radius 1 is 1.28 bits per heavy atom. The summed E-state index contributed by atoms with van der Waals surface area (Å²) in [7, 11) is 0. The Morgan fingerprint density at radius 2 is 1.94 bits per heavy atom. The number of ether oxygens (including phenoxy) is 1. The summed E-state index contributed by atoms with van der Waals surface area (Å²) in [6.07, 6.45) is 2.90. The van der Waals surface area contributed by atoms with Crippen LogP contribution in [0.5, 0.6) is 11.6 Å². The molecule has 2 rings (SSSR count). The van der Waals surface area contributed by atoms with Gasteiger partial charge in [0.25, 0.3) is 0 Å². The van der Waals surface area contributed by atoms with E-state index in [2.05, 4.69) is 9.97 Å². The molecular formula is C13H13ClN2O2. The standard InChI is InChI=1S/C13H13ClN2O2/c1-8-3-11(4-9(2)12(8)14)18-13-10(6-17)5-15-7-16-13/h3-5,7,17H,6H2,1-2H3. The van der Waals surface area contributed by atoms with Gasteiger partial charge in [0.05, 0.1) is 12.2 Å². The largest absolute Gasteiger partial charge is 0.439 e. The molecule has 0 atom stereocenters. The summed E-state index contributed by atoms with van der Waals surface area (Å²) in [5.74, 6) is 0.997. The lowest BCUT2D eigenvalue weighted by Crippen LogP contribution is -1.96. The number of hydrogen-bond donors (Lipinski definition) is 1. The Morgan fingerprint density at radius 3 is 2.56 bits per heavy atom. The molecule has 0 radical (unpaired) electrons. The Hall–Kier alpha value is -1.65. The van der Waals surface area contributed by atoms with Gasteiger partial charge in [-0.25, -0.2) is 9.97 Å². The van der Waals surface area contributed by atoms with Gasteiger partial charge < -0.3 is 9.84 Å². The van der Waals surface area contributed by atoms with Crippen molar-refractivity contribution >= 4 is 11.6 Å². The first-order valence-corrected chi connectivity index (χ1v) is 5.84. The van der Waals surface area contributed by atoms with Crippen molar-refractivity contribution in [3.05, 3.63) is 46.4 Å². The van der Waals surface area contributed by atoms with Gasteiger partial charge in [-0.15, -0.1) is 0 Å². The van der Waals surface area contributed by atoms with Crippen molar-refractivity contribution < 1.29 is 9.84 Å². The highest BCUT2D eigenvalue weighted by Crippen LogP contribution is 2.29. The van der Waals surface area contributed by atoms with Crippen LogP contribution in [0.25, 0.3) is 0 Å². The van der Waals surface area contributed by atoms with E-state index in [0.29, 0.717) is 17.2 Å². The van der Waals surface area contributed by atoms with Gasteiger partial charge in [-0.2, -0.15) is 0 Å². The highest BCUT2D eigenvalue weighted by atomic mass is 35.5. The molecule has 0 spiro atoms. The summed E-state index contributed by atoms with van der Waals surface area (Å²) in [6.45, 7) is 3.66. The van der Waals surface area contributed by atoms with Gasteiger partial charge in [0.2, 0.25) is 5.88 Å². The minimum absolute atomic E-state index is 0.165. The molecule has 1 aromatic carbocycles. The molecule has 0 aliphatic carbocycles. The van der Waals surface area contributed by atoms with Gasteiger partial charge in [0.1, 0.15) is 12.1 Å². The molecule has 0 saturated heterocycles. The molecule has 1 aromatic heterocycles. The van der Waals surface area contributed by atoms with Crippen LogP contribution >= 0.6 is 11.6 Å². The third-order valence-electron chi connectivity index (χ3n) is 2.54. The third kappa shape index (κ3) is 2.60. The number of aliphatic hydroxyl groups excluding tert-OH is 1. The smallest absolute Gasteiger partial charge is 0.227 e. The lowest BCUT2D eigenvalue weighted by molar-refractivity contribution is 0.274. The maximum absolute atomic E-state index is 9.17. The summed E-state index contributed by atoms with van der Waals surface area (Å²) >= 11 is 6.09. The lowest BCUT2D eigenvalue weighted by Gasteiger charge is -2.10. The minimum atomic E-state index is -0.165. The molecule has 5 heteroatoms. The second kappa shape index (κ2) is 5.33. The summed E-state index contributed by atoms with van der Waals surface area (Å²) in [5, 5.41) is 9.90. The average molecular weight is 265 g/mol. The predicted octanol–water partition coefficient (Wildman–Crippen LogP) is 3.03. The molecule has 1 N–H and O–H groups in total. The van der Waals surface area contributed by atoms with Crippen molar-refractivity contribution in [2.75, 3.05) is 0 Å². The van der Waals surface area contributed by atoms with Crippen LogP contribution in [-0.4, -0.2) is 15.1 Å². The molecule has 4 nitrogen and oxygen atoms in total. The van der Waals surface area contributed by atoms with Crippen LogP contribution in [0.15, 0.2) is 24.7 Å². The number of benzene rings is 1. The maximum atomic E-state index is 9.17. The van der Waals surface area contributed by atoms with Crippen molar-refractivity contribution in [2.24, 2.45) is 0 Å². The molecule has 0 bridgehead atoms. The highest BCUT2D eigenvalue weighted by molar-refractivity contribution is 6.32. The van der Waals surface area contributed by atoms with E-state index in [1.807, 2.05) is 26.0 Å². The minimum Gasteiger partial charge on any atom is -0.439 e. The number of aliphatic hydroxyl groups is 1. The molecule has 2 aromatic rings. The van der Waals surface area contributed by atoms with Crippen molar-refractivity contribution in [3.63, 3.8) is 0 Å². The van der Waals surface area contributed by atoms with Gasteiger partial charge in [0.15, 0.2) is 0 Å². The van der Waals surface area contributed by atoms with E-state index in [0.717, 1.165) is 16.1 Å². The van der Waals surface area contributed by atoms with E-state index in [1.165, 1.54) is 12.5 Å². The molecule has 94 valence electrons. The van der Waals surface area contributed by atoms with Crippen molar-refractivity contribution in [2.45, 2.75) is 20.5 Å². The van der Waals surface area contributed by atoms with Crippen LogP contribution in [0.4, 0.5) is 0 Å². The van der Waals surface area contributed by atoms with Crippen LogP contribution in [0.3, 0.4) is 0 Å². The van der Waals surface area contributed by atoms with E-state index in [1.54, 1.807) is 0 Å². The Bertz CT molecular complexity index is 550. The fourth-order valence-electron chi connectivity index (χ4n) is 1.62. The SMILES string of the molecule is Cc1cc(Oc2ncncc2CO)cc(C)c1Cl. The summed E-state index contributed by atoms with van der Waals surface area (Å²) < 4.78 is 5.65. The zero-order chi connectivity index (χ0) is 13.1. The zero-order valence-corrected chi connectivity index (χ0v) is 10.9. The zero-order valence-electron chi connectivity index (χ0n) is 10.1. The summed E-state index contributed by atoms with van der Waals surface area (Å²) in [4.78, 5) is 7.84. The first kappa shape index (κ1) is 12.8. The van der Waals surface area contributed by atoms with E-state index < -0.39 is 0 Å². The quantitative estimate of drug-likeness (QED) is 0.926. The van der Waals surface area contributed by atoms with Crippen LogP contribution in [0, 0.1) is 13.8 Å². The van der Waals surface area contributed by atoms with Crippen molar-refractivity contribution in [1.82, 2.24) is 9.97 Å². The average Bonchev–Trinajstić information content (AvgIpc) is 2.36. The number of nitrogens with zero attached hydrogens (tertiary/aromatic N) is 2. The Kier molecular flexibility index (Phi) is 3.79. The van der Waals surface area contributed by atoms with E-state index in [-0.39, 0.29) is 6.61 Å². The van der Waals surface area contributed by atoms with Gasteiger partial charge in [0, 0.05) is 11.2 Å². The Balaban J connectivity index is 2.34. The first-order chi connectivity index (χ1) is 8.61. The number of aromatic nitrogens is 2. The predicted molar refractivity (Wildman–Crippen MR) is 69.0 cm³/mol. The van der Waals surface area contributed by atoms with E-state index in [9.17, 15) is 0 Å². The fraction of sp³-hybridized carbons (Fsp3) is 0.231. The normalized spacial score (nSPS) is 10.4. The number of rotatable bonds is 3. The second-order valence-corrected chi connectivity index (χ2v) is 4.36. The number of hydrogen-bond acceptors (Lipinski definition) is 4. The van der Waals surface area contributed by atoms with Crippen LogP contribution in [0.1, 0.15) is 16.7 Å². The second-order valence-electron chi connectivity index (χ2n) is 3.98. The van der Waals surface area contributed by atoms with Crippen molar-refractivity contribution in [1.29, 1.82) is 0 Å². The topological polar surface area (TPSA) is 55.2 Å². The molecule has 1 heterocycles. The third-order valence-corrected chi connectivity index (χ3v) is 3.14. The summed E-state index contributed by atoms with van der Waals surface area (Å²) in [5.41, 5.74) is 2.42. The number of aryl methyl sites for hydroxylation is 2. The first-order valence-electron chi connectivity index (χ1n) is 5.46. The monoisotopic (exact) mass is 264 g/mol. The van der Waals surface area contributed by atoms with Crippen LogP contribution < -0.4 is 4.74 Å². The van der Waals surface area contributed by atoms with Gasteiger partial charge in [-0.1, -0.05) is 11.6 Å². The van der Waals surface area contributed by atoms with Crippen LogP contribution in [0.2, 0.25) is 5.02 Å². The van der Waals surface area contributed by atoms with E-state index >= 15 is 0 Å². The van der Waals surface area contributed by atoms with Gasteiger partial charge >= 0.3 is 0 Å². The lowest BCUT2D eigenvalue weighted by atomic mass is 10.1. The highest BCUT2D eigenvalue weighted by Gasteiger charge is 2.08. The molecule has 0 aliphatic heterocycles. The van der Waals surface area contributed by atoms with Crippen LogP contribution in [-0.2, 0) is 6.61 Å². The summed E-state index contributed by atoms with van der Waals surface area (Å²) in [6, 6.07) is 3.66. The molecular weight excluding hydrogens is 252 g/mol. The number of halogens is 1. The molecule has 0 saturated carbocycles. The molecule has 0 unspecified atom stereocenters. The Labute approximate surface area is 110 Å². The molecule has 0 aliphatic rings. The van der Waals surface area contributed by atoms with E-state index in [4.69, 9.17) is 21.4 Å². The molecule has 0 amide bonds. The van der Waals surface area contributed by atoms with Gasteiger partial charge in [-0.05, 0) is 37.1 Å². The molecule has 0 fully saturated rings. The maximum Gasteiger partial charge on any atom is 0.227 e. The van der Waals surface area contributed by atoms with Crippen molar-refractivity contribution in [3.8, 4) is 11.6 Å².